The first-order valence-electron chi connectivity index (χ1n) is 5.80. The Labute approximate surface area is 113 Å². The van der Waals surface area contributed by atoms with Crippen molar-refractivity contribution in [2.45, 2.75) is 13.5 Å². The molecule has 20 heavy (non-hydrogen) atoms. The maximum Gasteiger partial charge on any atom is 0.310 e. The first-order valence-corrected chi connectivity index (χ1v) is 5.80. The minimum absolute atomic E-state index is 0.000745. The van der Waals surface area contributed by atoms with Crippen LogP contribution in [0.3, 0.4) is 0 Å². The van der Waals surface area contributed by atoms with Crippen molar-refractivity contribution < 1.29 is 18.4 Å². The fourth-order valence-corrected chi connectivity index (χ4v) is 1.70. The molecule has 4 nitrogen and oxygen atoms in total. The van der Waals surface area contributed by atoms with Crippen molar-refractivity contribution in [3.63, 3.8) is 0 Å². The summed E-state index contributed by atoms with van der Waals surface area (Å²) in [6.07, 6.45) is 0. The van der Waals surface area contributed by atoms with E-state index in [1.54, 1.807) is 13.0 Å². The summed E-state index contributed by atoms with van der Waals surface area (Å²) in [7, 11) is 0. The summed E-state index contributed by atoms with van der Waals surface area (Å²) < 4.78 is 31.7. The summed E-state index contributed by atoms with van der Waals surface area (Å²) in [5.74, 6) is -1.97. The summed E-state index contributed by atoms with van der Waals surface area (Å²) in [6.45, 7) is 1.47. The third-order valence-electron chi connectivity index (χ3n) is 2.73. The van der Waals surface area contributed by atoms with Gasteiger partial charge in [0.1, 0.15) is 6.61 Å². The summed E-state index contributed by atoms with van der Waals surface area (Å²) in [5, 5.41) is 10.9. The molecule has 0 fully saturated rings. The highest BCUT2D eigenvalue weighted by Gasteiger charge is 2.16. The van der Waals surface area contributed by atoms with Crippen molar-refractivity contribution in [1.82, 2.24) is 0 Å². The van der Waals surface area contributed by atoms with Crippen molar-refractivity contribution in [1.29, 1.82) is 0 Å². The highest BCUT2D eigenvalue weighted by Crippen LogP contribution is 2.28. The SMILES string of the molecule is Cc1ccc([N+](=O)[O-])c(OCc2cccc(F)c2F)c1. The maximum atomic E-state index is 13.5. The Morgan fingerprint density at radius 2 is 2.00 bits per heavy atom. The lowest BCUT2D eigenvalue weighted by molar-refractivity contribution is -0.386. The van der Waals surface area contributed by atoms with Crippen LogP contribution in [-0.2, 0) is 6.61 Å². The Kier molecular flexibility index (Phi) is 3.93. The highest BCUT2D eigenvalue weighted by molar-refractivity contribution is 5.48. The molecule has 0 unspecified atom stereocenters. The number of halogens is 2. The molecule has 104 valence electrons. The molecule has 0 aliphatic rings. The fraction of sp³-hybridized carbons (Fsp3) is 0.143. The van der Waals surface area contributed by atoms with Crippen LogP contribution in [0.25, 0.3) is 0 Å². The van der Waals surface area contributed by atoms with Crippen LogP contribution in [-0.4, -0.2) is 4.92 Å². The molecule has 2 rings (SSSR count). The number of nitro benzene ring substituents is 1. The van der Waals surface area contributed by atoms with Crippen LogP contribution in [0.15, 0.2) is 36.4 Å². The van der Waals surface area contributed by atoms with Crippen molar-refractivity contribution in [2.24, 2.45) is 0 Å². The van der Waals surface area contributed by atoms with E-state index < -0.39 is 16.6 Å². The Morgan fingerprint density at radius 1 is 1.25 bits per heavy atom. The van der Waals surface area contributed by atoms with Gasteiger partial charge in [0.15, 0.2) is 17.4 Å². The van der Waals surface area contributed by atoms with Gasteiger partial charge in [0.05, 0.1) is 4.92 Å². The van der Waals surface area contributed by atoms with Crippen molar-refractivity contribution in [3.05, 3.63) is 69.3 Å². The number of aryl methyl sites for hydroxylation is 1. The van der Waals surface area contributed by atoms with Gasteiger partial charge in [0.25, 0.3) is 0 Å². The Hall–Kier alpha value is -2.50. The van der Waals surface area contributed by atoms with Gasteiger partial charge in [0, 0.05) is 11.6 Å². The quantitative estimate of drug-likeness (QED) is 0.632. The van der Waals surface area contributed by atoms with Gasteiger partial charge in [-0.2, -0.15) is 0 Å². The van der Waals surface area contributed by atoms with Gasteiger partial charge < -0.3 is 4.74 Å². The van der Waals surface area contributed by atoms with E-state index >= 15 is 0 Å². The van der Waals surface area contributed by atoms with E-state index in [-0.39, 0.29) is 23.6 Å². The minimum Gasteiger partial charge on any atom is -0.482 e. The summed E-state index contributed by atoms with van der Waals surface area (Å²) in [5.41, 5.74) is 0.554. The highest BCUT2D eigenvalue weighted by atomic mass is 19.2. The van der Waals surface area contributed by atoms with Crippen molar-refractivity contribution in [2.75, 3.05) is 0 Å². The third kappa shape index (κ3) is 2.90. The molecule has 0 saturated heterocycles. The molecule has 0 amide bonds. The Morgan fingerprint density at radius 3 is 2.70 bits per heavy atom. The lowest BCUT2D eigenvalue weighted by Crippen LogP contribution is -2.02. The van der Waals surface area contributed by atoms with Gasteiger partial charge in [-0.25, -0.2) is 8.78 Å². The Balaban J connectivity index is 2.24. The van der Waals surface area contributed by atoms with Crippen LogP contribution < -0.4 is 4.74 Å². The molecule has 0 bridgehead atoms. The average Bonchev–Trinajstić information content (AvgIpc) is 2.40. The van der Waals surface area contributed by atoms with Crippen LogP contribution in [0, 0.1) is 28.7 Å². The maximum absolute atomic E-state index is 13.5. The van der Waals surface area contributed by atoms with E-state index in [1.165, 1.54) is 24.3 Å². The van der Waals surface area contributed by atoms with E-state index in [0.29, 0.717) is 0 Å². The zero-order chi connectivity index (χ0) is 14.7. The second kappa shape index (κ2) is 5.64. The molecule has 0 aromatic heterocycles. The van der Waals surface area contributed by atoms with Crippen molar-refractivity contribution in [3.8, 4) is 5.75 Å². The minimum atomic E-state index is -1.01. The smallest absolute Gasteiger partial charge is 0.310 e. The predicted molar refractivity (Wildman–Crippen MR) is 68.5 cm³/mol. The zero-order valence-corrected chi connectivity index (χ0v) is 10.6. The van der Waals surface area contributed by atoms with E-state index in [4.69, 9.17) is 4.74 Å². The molecule has 6 heteroatoms. The van der Waals surface area contributed by atoms with Crippen LogP contribution in [0.5, 0.6) is 5.75 Å². The predicted octanol–water partition coefficient (Wildman–Crippen LogP) is 3.76. The standard InChI is InChI=1S/C14H11F2NO3/c1-9-5-6-12(17(18)19)13(7-9)20-8-10-3-2-4-11(15)14(10)16/h2-7H,8H2,1H3. The first-order chi connectivity index (χ1) is 9.49. The fourth-order valence-electron chi connectivity index (χ4n) is 1.70. The second-order valence-electron chi connectivity index (χ2n) is 4.23. The summed E-state index contributed by atoms with van der Waals surface area (Å²) in [6, 6.07) is 8.07. The number of nitro groups is 1. The molecule has 0 radical (unpaired) electrons. The number of hydrogen-bond donors (Lipinski definition) is 0. The normalized spacial score (nSPS) is 10.3. The number of ether oxygens (including phenoxy) is 1. The first kappa shape index (κ1) is 13.9. The van der Waals surface area contributed by atoms with E-state index in [0.717, 1.165) is 11.6 Å². The molecule has 0 atom stereocenters. The van der Waals surface area contributed by atoms with E-state index in [9.17, 15) is 18.9 Å². The van der Waals surface area contributed by atoms with Crippen molar-refractivity contribution >= 4 is 5.69 Å². The van der Waals surface area contributed by atoms with Gasteiger partial charge in [-0.1, -0.05) is 18.2 Å². The molecule has 0 saturated carbocycles. The van der Waals surface area contributed by atoms with Crippen LogP contribution >= 0.6 is 0 Å². The summed E-state index contributed by atoms with van der Waals surface area (Å²) >= 11 is 0. The van der Waals surface area contributed by atoms with Crippen LogP contribution in [0.4, 0.5) is 14.5 Å². The molecule has 0 N–H and O–H groups in total. The molecular weight excluding hydrogens is 268 g/mol. The van der Waals surface area contributed by atoms with Crippen LogP contribution in [0.1, 0.15) is 11.1 Å². The largest absolute Gasteiger partial charge is 0.482 e. The molecule has 0 aliphatic heterocycles. The monoisotopic (exact) mass is 279 g/mol. The number of benzene rings is 2. The topological polar surface area (TPSA) is 52.4 Å². The van der Waals surface area contributed by atoms with Gasteiger partial charge in [-0.15, -0.1) is 0 Å². The number of rotatable bonds is 4. The molecule has 2 aromatic rings. The van der Waals surface area contributed by atoms with E-state index in [1.807, 2.05) is 0 Å². The van der Waals surface area contributed by atoms with E-state index in [2.05, 4.69) is 0 Å². The zero-order valence-electron chi connectivity index (χ0n) is 10.6. The molecule has 0 spiro atoms. The lowest BCUT2D eigenvalue weighted by Gasteiger charge is -2.08. The second-order valence-corrected chi connectivity index (χ2v) is 4.23. The molecule has 0 heterocycles. The number of nitrogens with zero attached hydrogens (tertiary/aromatic N) is 1. The number of hydrogen-bond acceptors (Lipinski definition) is 3. The van der Waals surface area contributed by atoms with Gasteiger partial charge in [-0.3, -0.25) is 10.1 Å². The average molecular weight is 279 g/mol. The summed E-state index contributed by atoms with van der Waals surface area (Å²) in [4.78, 5) is 10.3. The Bertz CT molecular complexity index is 659. The van der Waals surface area contributed by atoms with Gasteiger partial charge >= 0.3 is 5.69 Å². The lowest BCUT2D eigenvalue weighted by atomic mass is 10.2. The molecule has 0 aliphatic carbocycles. The van der Waals surface area contributed by atoms with Gasteiger partial charge in [-0.05, 0) is 24.6 Å². The molecular formula is C14H11F2NO3. The van der Waals surface area contributed by atoms with Gasteiger partial charge in [0.2, 0.25) is 0 Å². The molecule has 2 aromatic carbocycles. The third-order valence-corrected chi connectivity index (χ3v) is 2.73. The van der Waals surface area contributed by atoms with Crippen LogP contribution in [0.2, 0.25) is 0 Å².